The molecule has 1 aliphatic rings. The summed E-state index contributed by atoms with van der Waals surface area (Å²) in [5.41, 5.74) is 2.91. The summed E-state index contributed by atoms with van der Waals surface area (Å²) in [5.74, 6) is 1.83. The first-order valence-electron chi connectivity index (χ1n) is 10.5. The highest BCUT2D eigenvalue weighted by atomic mass is 16.2. The topological polar surface area (TPSA) is 101 Å². The first-order valence-corrected chi connectivity index (χ1v) is 10.5. The van der Waals surface area contributed by atoms with Gasteiger partial charge in [-0.3, -0.25) is 14.7 Å². The van der Waals surface area contributed by atoms with E-state index < -0.39 is 0 Å². The number of carbonyl (C=O) groups excluding carboxylic acids is 1. The van der Waals surface area contributed by atoms with Gasteiger partial charge in [0, 0.05) is 48.4 Å². The van der Waals surface area contributed by atoms with Crippen molar-refractivity contribution in [1.29, 1.82) is 0 Å². The van der Waals surface area contributed by atoms with Crippen LogP contribution in [0, 0.1) is 27.7 Å². The molecule has 0 aliphatic carbocycles. The number of aromatic amines is 1. The van der Waals surface area contributed by atoms with Crippen LogP contribution < -0.4 is 5.56 Å². The van der Waals surface area contributed by atoms with Gasteiger partial charge < -0.3 is 4.90 Å². The SMILES string of the molecule is Cc1nc(C)n(C(C)CC(=O)N2CCCC(c3cc4nc(C)c(C)c(=O)n4[nH]3)C2)n1. The number of nitrogens with zero attached hydrogens (tertiary/aromatic N) is 6. The van der Waals surface area contributed by atoms with Gasteiger partial charge in [-0.15, -0.1) is 0 Å². The van der Waals surface area contributed by atoms with Gasteiger partial charge in [0.05, 0.1) is 6.04 Å². The molecule has 4 rings (SSSR count). The number of carbonyl (C=O) groups is 1. The summed E-state index contributed by atoms with van der Waals surface area (Å²) in [5, 5.41) is 7.63. The molecule has 9 heteroatoms. The van der Waals surface area contributed by atoms with E-state index in [1.165, 1.54) is 4.52 Å². The summed E-state index contributed by atoms with van der Waals surface area (Å²) in [6.45, 7) is 10.8. The third-order valence-electron chi connectivity index (χ3n) is 6.11. The van der Waals surface area contributed by atoms with E-state index in [9.17, 15) is 9.59 Å². The second-order valence-electron chi connectivity index (χ2n) is 8.42. The van der Waals surface area contributed by atoms with Crippen molar-refractivity contribution >= 4 is 11.6 Å². The van der Waals surface area contributed by atoms with Crippen molar-refractivity contribution in [2.45, 2.75) is 65.8 Å². The molecule has 9 nitrogen and oxygen atoms in total. The van der Waals surface area contributed by atoms with E-state index in [1.54, 1.807) is 6.92 Å². The molecule has 1 amide bonds. The molecule has 1 fully saturated rings. The van der Waals surface area contributed by atoms with Crippen LogP contribution in [-0.4, -0.2) is 53.3 Å². The van der Waals surface area contributed by atoms with E-state index in [2.05, 4.69) is 20.2 Å². The Kier molecular flexibility index (Phi) is 5.21. The quantitative estimate of drug-likeness (QED) is 0.709. The summed E-state index contributed by atoms with van der Waals surface area (Å²) in [4.78, 5) is 36.3. The van der Waals surface area contributed by atoms with Crippen molar-refractivity contribution in [3.63, 3.8) is 0 Å². The molecule has 160 valence electrons. The monoisotopic (exact) mass is 411 g/mol. The van der Waals surface area contributed by atoms with Crippen molar-refractivity contribution in [1.82, 2.24) is 34.3 Å². The average molecular weight is 412 g/mol. The first-order chi connectivity index (χ1) is 14.2. The number of aryl methyl sites for hydroxylation is 3. The molecule has 0 bridgehead atoms. The number of hydrogen-bond donors (Lipinski definition) is 1. The van der Waals surface area contributed by atoms with E-state index in [1.807, 2.05) is 43.3 Å². The second kappa shape index (κ2) is 7.70. The highest BCUT2D eigenvalue weighted by Gasteiger charge is 2.28. The third-order valence-corrected chi connectivity index (χ3v) is 6.11. The van der Waals surface area contributed by atoms with Crippen LogP contribution in [-0.2, 0) is 4.79 Å². The van der Waals surface area contributed by atoms with Gasteiger partial charge in [0.2, 0.25) is 5.91 Å². The number of amides is 1. The normalized spacial score (nSPS) is 18.2. The van der Waals surface area contributed by atoms with Crippen LogP contribution in [0.4, 0.5) is 0 Å². The van der Waals surface area contributed by atoms with Gasteiger partial charge >= 0.3 is 0 Å². The Hall–Kier alpha value is -2.97. The predicted octanol–water partition coefficient (Wildman–Crippen LogP) is 2.21. The van der Waals surface area contributed by atoms with E-state index in [-0.39, 0.29) is 23.4 Å². The largest absolute Gasteiger partial charge is 0.342 e. The van der Waals surface area contributed by atoms with Gasteiger partial charge in [0.25, 0.3) is 5.56 Å². The van der Waals surface area contributed by atoms with E-state index in [4.69, 9.17) is 0 Å². The van der Waals surface area contributed by atoms with Crippen LogP contribution in [0.25, 0.3) is 5.65 Å². The highest BCUT2D eigenvalue weighted by molar-refractivity contribution is 5.76. The predicted molar refractivity (Wildman–Crippen MR) is 113 cm³/mol. The summed E-state index contributed by atoms with van der Waals surface area (Å²) < 4.78 is 3.34. The molecule has 1 N–H and O–H groups in total. The number of piperidine rings is 1. The standard InChI is InChI=1S/C21H29N7O2/c1-12(27-16(5)23-15(4)24-27)9-20(29)26-8-6-7-17(11-26)18-10-19-22-14(3)13(2)21(30)28(19)25-18/h10,12,17,25H,6-9,11H2,1-5H3. The van der Waals surface area contributed by atoms with Gasteiger partial charge in [-0.1, -0.05) is 0 Å². The molecular formula is C21H29N7O2. The van der Waals surface area contributed by atoms with E-state index in [0.29, 0.717) is 24.2 Å². The number of nitrogens with one attached hydrogen (secondary N) is 1. The molecule has 30 heavy (non-hydrogen) atoms. The maximum Gasteiger partial charge on any atom is 0.275 e. The lowest BCUT2D eigenvalue weighted by molar-refractivity contribution is -0.133. The number of fused-ring (bicyclic) bond motifs is 1. The van der Waals surface area contributed by atoms with Gasteiger partial charge in [-0.25, -0.2) is 19.2 Å². The average Bonchev–Trinajstić information content (AvgIpc) is 3.29. The lowest BCUT2D eigenvalue weighted by atomic mass is 9.94. The number of hydrogen-bond acceptors (Lipinski definition) is 5. The second-order valence-corrected chi connectivity index (χ2v) is 8.42. The molecule has 2 atom stereocenters. The first kappa shape index (κ1) is 20.3. The number of aromatic nitrogens is 6. The van der Waals surface area contributed by atoms with Gasteiger partial charge in [-0.05, 0) is 47.5 Å². The molecule has 0 aromatic carbocycles. The lowest BCUT2D eigenvalue weighted by Crippen LogP contribution is -2.40. The van der Waals surface area contributed by atoms with Crippen molar-refractivity contribution in [3.05, 3.63) is 45.0 Å². The molecule has 2 unspecified atom stereocenters. The summed E-state index contributed by atoms with van der Waals surface area (Å²) >= 11 is 0. The van der Waals surface area contributed by atoms with Gasteiger partial charge in [0.1, 0.15) is 11.6 Å². The molecule has 3 aromatic rings. The Bertz CT molecular complexity index is 1160. The minimum absolute atomic E-state index is 0.0409. The molecular weight excluding hydrogens is 382 g/mol. The zero-order chi connectivity index (χ0) is 21.6. The zero-order valence-corrected chi connectivity index (χ0v) is 18.3. The van der Waals surface area contributed by atoms with Crippen molar-refractivity contribution in [2.24, 2.45) is 0 Å². The Morgan fingerprint density at radius 2 is 2.03 bits per heavy atom. The van der Waals surface area contributed by atoms with E-state index >= 15 is 0 Å². The Balaban J connectivity index is 1.50. The molecule has 1 saturated heterocycles. The smallest absolute Gasteiger partial charge is 0.275 e. The summed E-state index contributed by atoms with van der Waals surface area (Å²) in [6.07, 6.45) is 2.30. The van der Waals surface area contributed by atoms with Crippen LogP contribution in [0.1, 0.15) is 66.7 Å². The Morgan fingerprint density at radius 3 is 2.73 bits per heavy atom. The number of H-pyrrole nitrogens is 1. The van der Waals surface area contributed by atoms with Crippen LogP contribution in [0.3, 0.4) is 0 Å². The van der Waals surface area contributed by atoms with Crippen molar-refractivity contribution < 1.29 is 4.79 Å². The lowest BCUT2D eigenvalue weighted by Gasteiger charge is -2.33. The maximum atomic E-state index is 13.0. The molecule has 0 radical (unpaired) electrons. The Labute approximate surface area is 175 Å². The summed E-state index contributed by atoms with van der Waals surface area (Å²) in [6, 6.07) is 1.90. The summed E-state index contributed by atoms with van der Waals surface area (Å²) in [7, 11) is 0. The fourth-order valence-electron chi connectivity index (χ4n) is 4.33. The van der Waals surface area contributed by atoms with E-state index in [0.717, 1.165) is 42.4 Å². The van der Waals surface area contributed by atoms with Gasteiger partial charge in [-0.2, -0.15) is 5.10 Å². The van der Waals surface area contributed by atoms with Crippen LogP contribution in [0.5, 0.6) is 0 Å². The fourth-order valence-corrected chi connectivity index (χ4v) is 4.33. The number of rotatable bonds is 4. The van der Waals surface area contributed by atoms with Crippen LogP contribution in [0.15, 0.2) is 10.9 Å². The molecule has 4 heterocycles. The molecule has 0 saturated carbocycles. The minimum Gasteiger partial charge on any atom is -0.342 e. The minimum atomic E-state index is -0.0696. The van der Waals surface area contributed by atoms with Crippen molar-refractivity contribution in [3.8, 4) is 0 Å². The number of likely N-dealkylation sites (tertiary alicyclic amines) is 1. The molecule has 0 spiro atoms. The van der Waals surface area contributed by atoms with Crippen LogP contribution >= 0.6 is 0 Å². The highest BCUT2D eigenvalue weighted by Crippen LogP contribution is 2.27. The molecule has 3 aromatic heterocycles. The zero-order valence-electron chi connectivity index (χ0n) is 18.3. The maximum absolute atomic E-state index is 13.0. The van der Waals surface area contributed by atoms with Crippen molar-refractivity contribution in [2.75, 3.05) is 13.1 Å². The Morgan fingerprint density at radius 1 is 1.27 bits per heavy atom. The van der Waals surface area contributed by atoms with Crippen LogP contribution in [0.2, 0.25) is 0 Å². The third kappa shape index (κ3) is 3.64. The fraction of sp³-hybridized carbons (Fsp3) is 0.571. The molecule has 1 aliphatic heterocycles. The van der Waals surface area contributed by atoms with Gasteiger partial charge in [0.15, 0.2) is 5.65 Å².